The Morgan fingerprint density at radius 1 is 0.829 bits per heavy atom. The third-order valence-corrected chi connectivity index (χ3v) is 5.67. The van der Waals surface area contributed by atoms with Crippen LogP contribution in [0.1, 0.15) is 65.1 Å². The van der Waals surface area contributed by atoms with E-state index >= 15 is 0 Å². The molecule has 1 amide bonds. The molecule has 0 aliphatic heterocycles. The highest BCUT2D eigenvalue weighted by Crippen LogP contribution is 2.24. The minimum Gasteiger partial charge on any atom is -0.497 e. The smallest absolute Gasteiger partial charge is 0.308 e. The maximum Gasteiger partial charge on any atom is 0.308 e. The van der Waals surface area contributed by atoms with Gasteiger partial charge in [0.1, 0.15) is 5.75 Å². The molecule has 0 spiro atoms. The average Bonchev–Trinajstić information content (AvgIpc) is 2.87. The number of rotatable bonds is 9. The SMILES string of the molecule is COc1ccc(C(CC(=O)OCC(=O)c2ccccc2)NC(=O)c2ccc(C(C)(C)C)cc2)cc1. The normalized spacial score (nSPS) is 11.9. The summed E-state index contributed by atoms with van der Waals surface area (Å²) >= 11 is 0. The molecule has 0 fully saturated rings. The molecule has 3 aromatic rings. The summed E-state index contributed by atoms with van der Waals surface area (Å²) in [7, 11) is 1.57. The zero-order chi connectivity index (χ0) is 25.4. The number of esters is 1. The second kappa shape index (κ2) is 11.5. The quantitative estimate of drug-likeness (QED) is 0.338. The van der Waals surface area contributed by atoms with Crippen LogP contribution in [0.5, 0.6) is 5.75 Å². The van der Waals surface area contributed by atoms with E-state index in [1.165, 1.54) is 0 Å². The van der Waals surface area contributed by atoms with Gasteiger partial charge in [-0.2, -0.15) is 0 Å². The van der Waals surface area contributed by atoms with Crippen molar-refractivity contribution < 1.29 is 23.9 Å². The van der Waals surface area contributed by atoms with Gasteiger partial charge in [0.05, 0.1) is 19.6 Å². The van der Waals surface area contributed by atoms with Crippen LogP contribution in [0.25, 0.3) is 0 Å². The van der Waals surface area contributed by atoms with Gasteiger partial charge in [0.25, 0.3) is 5.91 Å². The van der Waals surface area contributed by atoms with Gasteiger partial charge in [-0.3, -0.25) is 14.4 Å². The number of ether oxygens (including phenoxy) is 2. The van der Waals surface area contributed by atoms with Crippen LogP contribution in [0.3, 0.4) is 0 Å². The summed E-state index contributed by atoms with van der Waals surface area (Å²) in [6, 6.07) is 22.5. The maximum atomic E-state index is 13.0. The summed E-state index contributed by atoms with van der Waals surface area (Å²) in [5.74, 6) is -0.520. The number of ketones is 1. The van der Waals surface area contributed by atoms with Gasteiger partial charge in [-0.15, -0.1) is 0 Å². The predicted octanol–water partition coefficient (Wildman–Crippen LogP) is 5.28. The van der Waals surface area contributed by atoms with Crippen LogP contribution in [-0.4, -0.2) is 31.4 Å². The first-order valence-electron chi connectivity index (χ1n) is 11.5. The van der Waals surface area contributed by atoms with E-state index in [1.54, 1.807) is 67.8 Å². The molecular weight excluding hydrogens is 442 g/mol. The van der Waals surface area contributed by atoms with E-state index in [2.05, 4.69) is 26.1 Å². The molecule has 1 N–H and O–H groups in total. The topological polar surface area (TPSA) is 81.7 Å². The summed E-state index contributed by atoms with van der Waals surface area (Å²) in [4.78, 5) is 37.9. The second-order valence-electron chi connectivity index (χ2n) is 9.28. The second-order valence-corrected chi connectivity index (χ2v) is 9.28. The molecule has 0 saturated heterocycles. The highest BCUT2D eigenvalue weighted by atomic mass is 16.5. The molecule has 0 radical (unpaired) electrons. The molecule has 6 heteroatoms. The molecule has 1 atom stereocenters. The Kier molecular flexibility index (Phi) is 8.42. The number of benzene rings is 3. The van der Waals surface area contributed by atoms with Gasteiger partial charge in [-0.25, -0.2) is 0 Å². The number of carbonyl (C=O) groups excluding carboxylic acids is 3. The van der Waals surface area contributed by atoms with Crippen molar-refractivity contribution in [2.45, 2.75) is 38.6 Å². The van der Waals surface area contributed by atoms with Crippen LogP contribution in [-0.2, 0) is 14.9 Å². The van der Waals surface area contributed by atoms with Gasteiger partial charge >= 0.3 is 5.97 Å². The van der Waals surface area contributed by atoms with Crippen LogP contribution in [0.2, 0.25) is 0 Å². The Balaban J connectivity index is 1.71. The highest BCUT2D eigenvalue weighted by Gasteiger charge is 2.22. The lowest BCUT2D eigenvalue weighted by Gasteiger charge is -2.21. The Morgan fingerprint density at radius 2 is 1.46 bits per heavy atom. The van der Waals surface area contributed by atoms with Crippen molar-refractivity contribution in [2.75, 3.05) is 13.7 Å². The Hall–Kier alpha value is -3.93. The number of methoxy groups -OCH3 is 1. The van der Waals surface area contributed by atoms with Gasteiger partial charge in [-0.05, 0) is 40.8 Å². The van der Waals surface area contributed by atoms with Crippen molar-refractivity contribution in [3.63, 3.8) is 0 Å². The van der Waals surface area contributed by atoms with Gasteiger partial charge in [-0.1, -0.05) is 75.4 Å². The molecular formula is C29H31NO5. The van der Waals surface area contributed by atoms with E-state index in [9.17, 15) is 14.4 Å². The zero-order valence-corrected chi connectivity index (χ0v) is 20.5. The molecule has 35 heavy (non-hydrogen) atoms. The Labute approximate surface area is 206 Å². The number of hydrogen-bond donors (Lipinski definition) is 1. The molecule has 0 aromatic heterocycles. The van der Waals surface area contributed by atoms with Gasteiger partial charge in [0.2, 0.25) is 0 Å². The predicted molar refractivity (Wildman–Crippen MR) is 135 cm³/mol. The van der Waals surface area contributed by atoms with E-state index in [1.807, 2.05) is 18.2 Å². The molecule has 182 valence electrons. The fraction of sp³-hybridized carbons (Fsp3) is 0.276. The average molecular weight is 474 g/mol. The van der Waals surface area contributed by atoms with Gasteiger partial charge in [0.15, 0.2) is 12.4 Å². The molecule has 0 saturated carbocycles. The molecule has 0 aliphatic carbocycles. The van der Waals surface area contributed by atoms with E-state index < -0.39 is 12.0 Å². The summed E-state index contributed by atoms with van der Waals surface area (Å²) in [5.41, 5.74) is 2.77. The maximum absolute atomic E-state index is 13.0. The fourth-order valence-electron chi connectivity index (χ4n) is 3.53. The van der Waals surface area contributed by atoms with Crippen LogP contribution in [0, 0.1) is 0 Å². The van der Waals surface area contributed by atoms with Crippen molar-refractivity contribution in [3.05, 3.63) is 101 Å². The third-order valence-electron chi connectivity index (χ3n) is 5.67. The molecule has 3 aromatic carbocycles. The van der Waals surface area contributed by atoms with Crippen molar-refractivity contribution in [1.29, 1.82) is 0 Å². The lowest BCUT2D eigenvalue weighted by molar-refractivity contribution is -0.143. The lowest BCUT2D eigenvalue weighted by Crippen LogP contribution is -2.31. The van der Waals surface area contributed by atoms with E-state index in [0.29, 0.717) is 16.9 Å². The van der Waals surface area contributed by atoms with Crippen molar-refractivity contribution in [2.24, 2.45) is 0 Å². The monoisotopic (exact) mass is 473 g/mol. The first-order valence-corrected chi connectivity index (χ1v) is 11.5. The molecule has 1 unspecified atom stereocenters. The van der Waals surface area contributed by atoms with E-state index in [4.69, 9.17) is 9.47 Å². The molecule has 6 nitrogen and oxygen atoms in total. The lowest BCUT2D eigenvalue weighted by atomic mass is 9.86. The molecule has 0 aliphatic rings. The van der Waals surface area contributed by atoms with Crippen molar-refractivity contribution in [3.8, 4) is 5.75 Å². The number of hydrogen-bond acceptors (Lipinski definition) is 5. The zero-order valence-electron chi connectivity index (χ0n) is 20.5. The van der Waals surface area contributed by atoms with E-state index in [-0.39, 0.29) is 30.1 Å². The number of carbonyl (C=O) groups is 3. The molecule has 0 heterocycles. The van der Waals surface area contributed by atoms with Gasteiger partial charge in [0, 0.05) is 11.1 Å². The van der Waals surface area contributed by atoms with Crippen molar-refractivity contribution in [1.82, 2.24) is 5.32 Å². The minimum absolute atomic E-state index is 0.0262. The Morgan fingerprint density at radius 3 is 2.03 bits per heavy atom. The standard InChI is InChI=1S/C29H31NO5/c1-29(2,3)23-14-10-22(11-15-23)28(33)30-25(20-12-16-24(34-4)17-13-20)18-27(32)35-19-26(31)21-8-6-5-7-9-21/h5-17,25H,18-19H2,1-4H3,(H,30,33). The summed E-state index contributed by atoms with van der Waals surface area (Å²) in [6.45, 7) is 5.96. The third kappa shape index (κ3) is 7.27. The first-order chi connectivity index (χ1) is 16.7. The summed E-state index contributed by atoms with van der Waals surface area (Å²) < 4.78 is 10.4. The Bertz CT molecular complexity index is 1150. The highest BCUT2D eigenvalue weighted by molar-refractivity contribution is 5.98. The minimum atomic E-state index is -0.643. The first kappa shape index (κ1) is 25.7. The number of nitrogens with one attached hydrogen (secondary N) is 1. The number of amides is 1. The molecule has 0 bridgehead atoms. The van der Waals surface area contributed by atoms with Crippen LogP contribution < -0.4 is 10.1 Å². The van der Waals surface area contributed by atoms with Crippen LogP contribution in [0.4, 0.5) is 0 Å². The fourth-order valence-corrected chi connectivity index (χ4v) is 3.53. The summed E-state index contributed by atoms with van der Waals surface area (Å²) in [6.07, 6.45) is -0.125. The number of Topliss-reactive ketones (excluding diaryl/α,β-unsaturated/α-hetero) is 1. The van der Waals surface area contributed by atoms with Crippen LogP contribution in [0.15, 0.2) is 78.9 Å². The van der Waals surface area contributed by atoms with Crippen LogP contribution >= 0.6 is 0 Å². The summed E-state index contributed by atoms with van der Waals surface area (Å²) in [5, 5.41) is 2.93. The molecule has 3 rings (SSSR count). The largest absolute Gasteiger partial charge is 0.497 e. The van der Waals surface area contributed by atoms with E-state index in [0.717, 1.165) is 11.1 Å². The van der Waals surface area contributed by atoms with Gasteiger partial charge < -0.3 is 14.8 Å². The van der Waals surface area contributed by atoms with Crippen molar-refractivity contribution >= 4 is 17.7 Å².